The highest BCUT2D eigenvalue weighted by Gasteiger charge is 2.50. The quantitative estimate of drug-likeness (QED) is 0.767. The van der Waals surface area contributed by atoms with Gasteiger partial charge in [0, 0.05) is 0 Å². The minimum atomic E-state index is -0.224. The smallest absolute Gasteiger partial charge is 0.457 e. The lowest BCUT2D eigenvalue weighted by atomic mass is 9.82. The average molecular weight is 276 g/mol. The fraction of sp³-hybridized carbons (Fsp3) is 0.625. The summed E-state index contributed by atoms with van der Waals surface area (Å²) in [5.74, 6) is 0.903. The second-order valence-electron chi connectivity index (χ2n) is 6.43. The molecule has 0 aromatic heterocycles. The van der Waals surface area contributed by atoms with Crippen molar-refractivity contribution in [2.75, 3.05) is 7.11 Å². The van der Waals surface area contributed by atoms with Gasteiger partial charge in [-0.3, -0.25) is 0 Å². The van der Waals surface area contributed by atoms with Crippen LogP contribution in [0.4, 0.5) is 0 Å². The highest BCUT2D eigenvalue weighted by Crippen LogP contribution is 2.38. The number of methoxy groups -OCH3 is 1. The van der Waals surface area contributed by atoms with E-state index in [9.17, 15) is 0 Å². The van der Waals surface area contributed by atoms with Crippen molar-refractivity contribution in [3.8, 4) is 5.75 Å². The zero-order valence-corrected chi connectivity index (χ0v) is 13.2. The molecule has 4 heteroatoms. The third-order valence-corrected chi connectivity index (χ3v) is 4.37. The van der Waals surface area contributed by atoms with Crippen LogP contribution in [0.5, 0.6) is 5.75 Å². The number of rotatable bonds is 5. The van der Waals surface area contributed by atoms with Gasteiger partial charge < -0.3 is 14.0 Å². The molecule has 0 atom stereocenters. The van der Waals surface area contributed by atoms with E-state index in [1.807, 2.05) is 12.1 Å². The topological polar surface area (TPSA) is 27.7 Å². The molecule has 110 valence electrons. The molecule has 1 aromatic rings. The molecule has 1 aromatic carbocycles. The summed E-state index contributed by atoms with van der Waals surface area (Å²) in [6.07, 6.45) is 3.02. The van der Waals surface area contributed by atoms with Gasteiger partial charge in [-0.15, -0.1) is 0 Å². The van der Waals surface area contributed by atoms with Crippen LogP contribution in [-0.2, 0) is 15.7 Å². The molecular weight excluding hydrogens is 251 g/mol. The maximum Gasteiger partial charge on any atom is 0.457 e. The molecule has 0 bridgehead atoms. The molecule has 20 heavy (non-hydrogen) atoms. The van der Waals surface area contributed by atoms with Crippen molar-refractivity contribution < 1.29 is 14.0 Å². The molecule has 1 aliphatic rings. The Kier molecular flexibility index (Phi) is 4.45. The van der Waals surface area contributed by atoms with E-state index >= 15 is 0 Å². The SMILES string of the molecule is COc1ccc(CCCB2OC(C)(C)C(C)(C)O2)cc1. The fourth-order valence-corrected chi connectivity index (χ4v) is 2.35. The van der Waals surface area contributed by atoms with E-state index in [0.717, 1.165) is 24.9 Å². The summed E-state index contributed by atoms with van der Waals surface area (Å²) >= 11 is 0. The Labute approximate surface area is 122 Å². The van der Waals surface area contributed by atoms with Crippen molar-refractivity contribution in [2.24, 2.45) is 0 Å². The summed E-state index contributed by atoms with van der Waals surface area (Å²) < 4.78 is 17.2. The molecule has 1 saturated heterocycles. The summed E-state index contributed by atoms with van der Waals surface area (Å²) in [4.78, 5) is 0. The maximum absolute atomic E-state index is 6.00. The lowest BCUT2D eigenvalue weighted by molar-refractivity contribution is 0.00578. The Morgan fingerprint density at radius 1 is 1.00 bits per heavy atom. The molecule has 0 radical (unpaired) electrons. The summed E-state index contributed by atoms with van der Waals surface area (Å²) in [6.45, 7) is 8.37. The third kappa shape index (κ3) is 3.36. The van der Waals surface area contributed by atoms with Gasteiger partial charge in [-0.1, -0.05) is 18.6 Å². The van der Waals surface area contributed by atoms with E-state index in [0.29, 0.717) is 0 Å². The zero-order chi connectivity index (χ0) is 14.8. The molecule has 1 fully saturated rings. The van der Waals surface area contributed by atoms with Crippen LogP contribution in [-0.4, -0.2) is 25.4 Å². The van der Waals surface area contributed by atoms with E-state index < -0.39 is 0 Å². The molecule has 0 N–H and O–H groups in total. The summed E-state index contributed by atoms with van der Waals surface area (Å²) in [7, 11) is 1.60. The molecule has 0 amide bonds. The zero-order valence-electron chi connectivity index (χ0n) is 13.2. The van der Waals surface area contributed by atoms with E-state index in [1.165, 1.54) is 5.56 Å². The van der Waals surface area contributed by atoms with Crippen molar-refractivity contribution in [3.63, 3.8) is 0 Å². The van der Waals surface area contributed by atoms with Gasteiger partial charge in [-0.25, -0.2) is 0 Å². The average Bonchev–Trinajstić information content (AvgIpc) is 2.58. The van der Waals surface area contributed by atoms with Crippen molar-refractivity contribution in [2.45, 2.75) is 58.1 Å². The van der Waals surface area contributed by atoms with Crippen molar-refractivity contribution in [3.05, 3.63) is 29.8 Å². The van der Waals surface area contributed by atoms with Gasteiger partial charge in [0.05, 0.1) is 18.3 Å². The first-order valence-corrected chi connectivity index (χ1v) is 7.33. The molecule has 0 spiro atoms. The van der Waals surface area contributed by atoms with Gasteiger partial charge in [0.25, 0.3) is 0 Å². The predicted octanol–water partition coefficient (Wildman–Crippen LogP) is 3.72. The lowest BCUT2D eigenvalue weighted by Gasteiger charge is -2.32. The number of hydrogen-bond donors (Lipinski definition) is 0. The number of benzene rings is 1. The van der Waals surface area contributed by atoms with Gasteiger partial charge >= 0.3 is 7.12 Å². The number of hydrogen-bond acceptors (Lipinski definition) is 3. The van der Waals surface area contributed by atoms with Crippen LogP contribution in [0.15, 0.2) is 24.3 Å². The minimum absolute atomic E-state index is 0.0850. The highest BCUT2D eigenvalue weighted by molar-refractivity contribution is 6.45. The Bertz CT molecular complexity index is 424. The van der Waals surface area contributed by atoms with Crippen molar-refractivity contribution >= 4 is 7.12 Å². The Balaban J connectivity index is 1.79. The molecule has 1 aliphatic heterocycles. The molecule has 2 rings (SSSR count). The van der Waals surface area contributed by atoms with Crippen LogP contribution in [0.3, 0.4) is 0 Å². The first kappa shape index (κ1) is 15.4. The molecule has 1 heterocycles. The number of ether oxygens (including phenoxy) is 1. The number of aryl methyl sites for hydroxylation is 1. The second-order valence-corrected chi connectivity index (χ2v) is 6.43. The summed E-state index contributed by atoms with van der Waals surface area (Å²) in [5.41, 5.74) is 0.873. The van der Waals surface area contributed by atoms with Crippen LogP contribution in [0.2, 0.25) is 6.32 Å². The van der Waals surface area contributed by atoms with Gasteiger partial charge in [0.1, 0.15) is 5.75 Å². The fourth-order valence-electron chi connectivity index (χ4n) is 2.35. The molecule has 0 aliphatic carbocycles. The molecule has 0 unspecified atom stereocenters. The third-order valence-electron chi connectivity index (χ3n) is 4.37. The van der Waals surface area contributed by atoms with Crippen LogP contribution in [0, 0.1) is 0 Å². The van der Waals surface area contributed by atoms with E-state index in [1.54, 1.807) is 7.11 Å². The van der Waals surface area contributed by atoms with Gasteiger partial charge in [-0.05, 0) is 58.1 Å². The van der Waals surface area contributed by atoms with Gasteiger partial charge in [0.15, 0.2) is 0 Å². The summed E-state index contributed by atoms with van der Waals surface area (Å²) in [6, 6.07) is 8.24. The molecule has 0 saturated carbocycles. The van der Waals surface area contributed by atoms with Crippen LogP contribution in [0.1, 0.15) is 39.7 Å². The maximum atomic E-state index is 6.00. The van der Waals surface area contributed by atoms with Crippen LogP contribution >= 0.6 is 0 Å². The summed E-state index contributed by atoms with van der Waals surface area (Å²) in [5, 5.41) is 0. The standard InChI is InChI=1S/C16H25BO3/c1-15(2)16(3,4)20-17(19-15)12-6-7-13-8-10-14(18-5)11-9-13/h8-11H,6-7,12H2,1-5H3. The van der Waals surface area contributed by atoms with Crippen LogP contribution < -0.4 is 4.74 Å². The largest absolute Gasteiger partial charge is 0.497 e. The predicted molar refractivity (Wildman–Crippen MR) is 82.2 cm³/mol. The van der Waals surface area contributed by atoms with Crippen molar-refractivity contribution in [1.29, 1.82) is 0 Å². The monoisotopic (exact) mass is 276 g/mol. The normalized spacial score (nSPS) is 20.1. The van der Waals surface area contributed by atoms with Crippen LogP contribution in [0.25, 0.3) is 0 Å². The second kappa shape index (κ2) is 5.78. The van der Waals surface area contributed by atoms with Gasteiger partial charge in [0.2, 0.25) is 0 Å². The van der Waals surface area contributed by atoms with Crippen molar-refractivity contribution in [1.82, 2.24) is 0 Å². The highest BCUT2D eigenvalue weighted by atomic mass is 16.7. The Hall–Kier alpha value is -0.995. The molecule has 3 nitrogen and oxygen atoms in total. The van der Waals surface area contributed by atoms with Gasteiger partial charge in [-0.2, -0.15) is 0 Å². The van der Waals surface area contributed by atoms with E-state index in [2.05, 4.69) is 39.8 Å². The van der Waals surface area contributed by atoms with E-state index in [4.69, 9.17) is 14.0 Å². The first-order chi connectivity index (χ1) is 9.34. The van der Waals surface area contributed by atoms with E-state index in [-0.39, 0.29) is 18.3 Å². The minimum Gasteiger partial charge on any atom is -0.497 e. The molecular formula is C16H25BO3. The first-order valence-electron chi connectivity index (χ1n) is 7.33. The lowest BCUT2D eigenvalue weighted by Crippen LogP contribution is -2.41. The Morgan fingerprint density at radius 2 is 1.55 bits per heavy atom. The Morgan fingerprint density at radius 3 is 2.05 bits per heavy atom.